The molecule has 5 rings (SSSR count). The highest BCUT2D eigenvalue weighted by atomic mass is 16.5. The van der Waals surface area contributed by atoms with Crippen LogP contribution in [0.2, 0.25) is 0 Å². The molecular formula is C28H28N2O3. The van der Waals surface area contributed by atoms with E-state index in [9.17, 15) is 9.59 Å². The van der Waals surface area contributed by atoms with Gasteiger partial charge in [0.1, 0.15) is 17.7 Å². The van der Waals surface area contributed by atoms with E-state index in [0.717, 1.165) is 43.4 Å². The number of rotatable bonds is 7. The SMILES string of the molecule is CN(C(=O)c1ccc(OCC2CC2)cn1)c1ccccc1[C@H]1CCc2cc(C=O)ccc2C1. The minimum atomic E-state index is -0.136. The monoisotopic (exact) mass is 440 g/mol. The van der Waals surface area contributed by atoms with Crippen LogP contribution in [-0.4, -0.2) is 30.8 Å². The summed E-state index contributed by atoms with van der Waals surface area (Å²) in [5.74, 6) is 1.56. The Bertz CT molecular complexity index is 1170. The molecule has 0 radical (unpaired) electrons. The molecule has 1 atom stereocenters. The maximum Gasteiger partial charge on any atom is 0.276 e. The van der Waals surface area contributed by atoms with Gasteiger partial charge in [-0.1, -0.05) is 30.3 Å². The number of aldehydes is 1. The van der Waals surface area contributed by atoms with Crippen molar-refractivity contribution in [2.24, 2.45) is 5.92 Å². The van der Waals surface area contributed by atoms with E-state index >= 15 is 0 Å². The number of hydrogen-bond donors (Lipinski definition) is 0. The first-order chi connectivity index (χ1) is 16.1. The van der Waals surface area contributed by atoms with E-state index in [1.165, 1.54) is 29.5 Å². The summed E-state index contributed by atoms with van der Waals surface area (Å²) in [5.41, 5.74) is 5.75. The second kappa shape index (κ2) is 9.18. The maximum absolute atomic E-state index is 13.2. The van der Waals surface area contributed by atoms with Crippen molar-refractivity contribution in [2.45, 2.75) is 38.0 Å². The zero-order chi connectivity index (χ0) is 22.8. The molecule has 0 aliphatic heterocycles. The third kappa shape index (κ3) is 4.68. The third-order valence-corrected chi connectivity index (χ3v) is 6.78. The number of para-hydroxylation sites is 1. The number of nitrogens with zero attached hydrogens (tertiary/aromatic N) is 2. The number of benzene rings is 2. The van der Waals surface area contributed by atoms with E-state index in [-0.39, 0.29) is 5.91 Å². The minimum absolute atomic E-state index is 0.136. The Morgan fingerprint density at radius 1 is 1.09 bits per heavy atom. The summed E-state index contributed by atoms with van der Waals surface area (Å²) < 4.78 is 5.74. The van der Waals surface area contributed by atoms with E-state index < -0.39 is 0 Å². The molecule has 33 heavy (non-hydrogen) atoms. The van der Waals surface area contributed by atoms with E-state index in [1.807, 2.05) is 43.4 Å². The van der Waals surface area contributed by atoms with Crippen molar-refractivity contribution in [1.82, 2.24) is 4.98 Å². The lowest BCUT2D eigenvalue weighted by Gasteiger charge is -2.29. The summed E-state index contributed by atoms with van der Waals surface area (Å²) in [4.78, 5) is 30.4. The van der Waals surface area contributed by atoms with Gasteiger partial charge in [-0.25, -0.2) is 4.98 Å². The van der Waals surface area contributed by atoms with Crippen molar-refractivity contribution in [2.75, 3.05) is 18.6 Å². The molecule has 5 nitrogen and oxygen atoms in total. The van der Waals surface area contributed by atoms with Gasteiger partial charge in [0.15, 0.2) is 0 Å². The van der Waals surface area contributed by atoms with Gasteiger partial charge in [-0.15, -0.1) is 0 Å². The van der Waals surface area contributed by atoms with Crippen molar-refractivity contribution in [3.05, 3.63) is 88.7 Å². The lowest BCUT2D eigenvalue weighted by atomic mass is 9.79. The lowest BCUT2D eigenvalue weighted by molar-refractivity contribution is 0.0987. The predicted octanol–water partition coefficient (Wildman–Crippen LogP) is 5.23. The fourth-order valence-electron chi connectivity index (χ4n) is 4.62. The Morgan fingerprint density at radius 3 is 2.70 bits per heavy atom. The molecule has 1 fully saturated rings. The highest BCUT2D eigenvalue weighted by Gasteiger charge is 2.26. The molecule has 0 N–H and O–H groups in total. The van der Waals surface area contributed by atoms with Crippen molar-refractivity contribution in [3.63, 3.8) is 0 Å². The zero-order valence-electron chi connectivity index (χ0n) is 18.9. The normalized spacial score (nSPS) is 17.2. The van der Waals surface area contributed by atoms with Crippen LogP contribution in [0.3, 0.4) is 0 Å². The second-order valence-corrected chi connectivity index (χ2v) is 9.14. The molecule has 1 amide bonds. The lowest BCUT2D eigenvalue weighted by Crippen LogP contribution is -2.29. The third-order valence-electron chi connectivity index (χ3n) is 6.78. The number of anilines is 1. The summed E-state index contributed by atoms with van der Waals surface area (Å²) in [7, 11) is 1.81. The van der Waals surface area contributed by atoms with Crippen LogP contribution in [-0.2, 0) is 12.8 Å². The Kier molecular flexibility index (Phi) is 5.95. The number of aryl methyl sites for hydroxylation is 1. The molecule has 1 aromatic heterocycles. The molecule has 5 heteroatoms. The molecule has 168 valence electrons. The number of pyridine rings is 1. The van der Waals surface area contributed by atoms with Crippen LogP contribution >= 0.6 is 0 Å². The van der Waals surface area contributed by atoms with Gasteiger partial charge in [0, 0.05) is 18.3 Å². The van der Waals surface area contributed by atoms with Crippen LogP contribution < -0.4 is 9.64 Å². The maximum atomic E-state index is 13.2. The molecule has 0 bridgehead atoms. The number of aromatic nitrogens is 1. The number of carbonyl (C=O) groups excluding carboxylic acids is 2. The fourth-order valence-corrected chi connectivity index (χ4v) is 4.62. The van der Waals surface area contributed by atoms with Crippen LogP contribution in [0.15, 0.2) is 60.8 Å². The molecule has 0 saturated heterocycles. The predicted molar refractivity (Wildman–Crippen MR) is 128 cm³/mol. The molecule has 3 aromatic rings. The summed E-state index contributed by atoms with van der Waals surface area (Å²) >= 11 is 0. The Labute approximate surface area is 194 Å². The van der Waals surface area contributed by atoms with Gasteiger partial charge in [-0.3, -0.25) is 9.59 Å². The Hall–Kier alpha value is -3.47. The van der Waals surface area contributed by atoms with Crippen LogP contribution in [0.25, 0.3) is 0 Å². The standard InChI is InChI=1S/C28H28N2O3/c1-30(28(32)26-13-12-24(16-29-26)33-18-19-6-7-19)27-5-3-2-4-25(27)23-11-10-21-14-20(17-31)8-9-22(21)15-23/h2-5,8-9,12-14,16-17,19,23H,6-7,10-11,15,18H2,1H3/t23-/m0/s1. The first-order valence-electron chi connectivity index (χ1n) is 11.6. The van der Waals surface area contributed by atoms with Crippen LogP contribution in [0.1, 0.15) is 62.7 Å². The van der Waals surface area contributed by atoms with Crippen LogP contribution in [0, 0.1) is 5.92 Å². The molecular weight excluding hydrogens is 412 g/mol. The van der Waals surface area contributed by atoms with Gasteiger partial charge < -0.3 is 9.64 Å². The van der Waals surface area contributed by atoms with Crippen LogP contribution in [0.4, 0.5) is 5.69 Å². The van der Waals surface area contributed by atoms with Gasteiger partial charge in [0.25, 0.3) is 5.91 Å². The smallest absolute Gasteiger partial charge is 0.276 e. The van der Waals surface area contributed by atoms with E-state index in [1.54, 1.807) is 17.2 Å². The van der Waals surface area contributed by atoms with E-state index in [2.05, 4.69) is 17.1 Å². The van der Waals surface area contributed by atoms with Gasteiger partial charge in [-0.2, -0.15) is 0 Å². The number of amides is 1. The van der Waals surface area contributed by atoms with Gasteiger partial charge in [-0.05, 0) is 84.9 Å². The number of carbonyl (C=O) groups is 2. The number of hydrogen-bond acceptors (Lipinski definition) is 4. The summed E-state index contributed by atoms with van der Waals surface area (Å²) in [5, 5.41) is 0. The summed E-state index contributed by atoms with van der Waals surface area (Å²) in [6.07, 6.45) is 7.83. The van der Waals surface area contributed by atoms with Gasteiger partial charge in [0.2, 0.25) is 0 Å². The largest absolute Gasteiger partial charge is 0.492 e. The first-order valence-corrected chi connectivity index (χ1v) is 11.6. The minimum Gasteiger partial charge on any atom is -0.492 e. The quantitative estimate of drug-likeness (QED) is 0.472. The summed E-state index contributed by atoms with van der Waals surface area (Å²) in [6, 6.07) is 17.7. The number of ether oxygens (including phenoxy) is 1. The molecule has 0 unspecified atom stereocenters. The highest BCUT2D eigenvalue weighted by Crippen LogP contribution is 2.37. The van der Waals surface area contributed by atoms with Crippen molar-refractivity contribution < 1.29 is 14.3 Å². The summed E-state index contributed by atoms with van der Waals surface area (Å²) in [6.45, 7) is 0.725. The molecule has 0 spiro atoms. The van der Waals surface area contributed by atoms with E-state index in [0.29, 0.717) is 23.3 Å². The average Bonchev–Trinajstić information content (AvgIpc) is 3.71. The van der Waals surface area contributed by atoms with Crippen molar-refractivity contribution in [1.29, 1.82) is 0 Å². The van der Waals surface area contributed by atoms with Gasteiger partial charge in [0.05, 0.1) is 12.8 Å². The zero-order valence-corrected chi connectivity index (χ0v) is 18.9. The van der Waals surface area contributed by atoms with Crippen molar-refractivity contribution >= 4 is 17.9 Å². The first kappa shape index (κ1) is 21.4. The Balaban J connectivity index is 1.33. The topological polar surface area (TPSA) is 59.5 Å². The molecule has 2 aromatic carbocycles. The van der Waals surface area contributed by atoms with Crippen LogP contribution in [0.5, 0.6) is 5.75 Å². The fraction of sp³-hybridized carbons (Fsp3) is 0.321. The molecule has 1 heterocycles. The number of fused-ring (bicyclic) bond motifs is 1. The average molecular weight is 441 g/mol. The van der Waals surface area contributed by atoms with Crippen molar-refractivity contribution in [3.8, 4) is 5.75 Å². The van der Waals surface area contributed by atoms with Gasteiger partial charge >= 0.3 is 0 Å². The molecule has 1 saturated carbocycles. The second-order valence-electron chi connectivity index (χ2n) is 9.14. The highest BCUT2D eigenvalue weighted by molar-refractivity contribution is 6.04. The van der Waals surface area contributed by atoms with E-state index in [4.69, 9.17) is 4.74 Å². The Morgan fingerprint density at radius 2 is 1.94 bits per heavy atom. The molecule has 2 aliphatic carbocycles. The molecule has 2 aliphatic rings.